The molecule has 2 N–H and O–H groups in total. The van der Waals surface area contributed by atoms with Crippen LogP contribution in [0.3, 0.4) is 0 Å². The van der Waals surface area contributed by atoms with E-state index < -0.39 is 35.2 Å². The van der Waals surface area contributed by atoms with E-state index in [1.165, 1.54) is 12.4 Å². The molecule has 15 nitrogen and oxygen atoms in total. The molecule has 7 rings (SSSR count). The molecule has 19 heteroatoms. The Kier molecular flexibility index (Phi) is 9.35. The number of alkyl halides is 3. The van der Waals surface area contributed by atoms with E-state index in [4.69, 9.17) is 16.3 Å². The summed E-state index contributed by atoms with van der Waals surface area (Å²) in [5.41, 5.74) is 0.494. The molecule has 6 heterocycles. The maximum atomic E-state index is 14.3. The van der Waals surface area contributed by atoms with Gasteiger partial charge in [0, 0.05) is 32.7 Å². The molecule has 2 amide bonds. The number of piperazine rings is 1. The lowest BCUT2D eigenvalue weighted by atomic mass is 10.1. The maximum Gasteiger partial charge on any atom is 0.416 e. The van der Waals surface area contributed by atoms with E-state index in [0.717, 1.165) is 28.3 Å². The normalized spacial score (nSPS) is 16.7. The molecule has 1 aromatic carbocycles. The highest BCUT2D eigenvalue weighted by Gasteiger charge is 2.35. The molecule has 0 bridgehead atoms. The molecule has 0 aliphatic carbocycles. The van der Waals surface area contributed by atoms with Crippen molar-refractivity contribution in [3.63, 3.8) is 0 Å². The Hall–Kier alpha value is -5.49. The number of nitrogens with one attached hydrogen (secondary N) is 1. The van der Waals surface area contributed by atoms with Crippen LogP contribution in [-0.2, 0) is 35.7 Å². The van der Waals surface area contributed by atoms with Crippen LogP contribution in [0.4, 0.5) is 24.5 Å². The fourth-order valence-corrected chi connectivity index (χ4v) is 7.00. The van der Waals surface area contributed by atoms with Crippen molar-refractivity contribution >= 4 is 57.0 Å². The number of nitrogens with zero attached hydrogens (tertiary/aromatic N) is 9. The molecule has 0 saturated carbocycles. The monoisotopic (exact) mass is 754 g/mol. The number of halogens is 4. The van der Waals surface area contributed by atoms with Crippen molar-refractivity contribution in [3.8, 4) is 5.75 Å². The third kappa shape index (κ3) is 6.56. The molecule has 0 radical (unpaired) electrons. The first-order chi connectivity index (χ1) is 25.3. The van der Waals surface area contributed by atoms with Gasteiger partial charge in [0.1, 0.15) is 12.2 Å². The molecule has 0 unspecified atom stereocenters. The summed E-state index contributed by atoms with van der Waals surface area (Å²) < 4.78 is 49.4. The summed E-state index contributed by atoms with van der Waals surface area (Å²) in [5.74, 6) is -0.982. The minimum absolute atomic E-state index is 0.0210. The van der Waals surface area contributed by atoms with Gasteiger partial charge < -0.3 is 29.5 Å². The standard InChI is InChI=1S/C34H34ClF3N10O5/c1-4-24-28(45-9-10-46(18(2)16-45)31(51)27-29(50)21-14-40-44(3)25(21)15-39-27)32(52)48-33(42-30(43-48)19-7-11-53-12-8-19)47(24)17-26(49)41-23-6-5-20(13-22(23)35)34(36,37)38/h5-7,13-15,18,50H,4,8-12,16-17H2,1-3H3,(H,41,49)/t18-/m1/s1. The molecule has 1 saturated heterocycles. The van der Waals surface area contributed by atoms with E-state index >= 15 is 0 Å². The number of pyridine rings is 1. The second-order valence-electron chi connectivity index (χ2n) is 12.8. The molecular weight excluding hydrogens is 721 g/mol. The van der Waals surface area contributed by atoms with Crippen LogP contribution in [0.2, 0.25) is 5.02 Å². The molecule has 1 fully saturated rings. The molecule has 278 valence electrons. The summed E-state index contributed by atoms with van der Waals surface area (Å²) in [6.45, 7) is 4.66. The van der Waals surface area contributed by atoms with Gasteiger partial charge in [-0.25, -0.2) is 4.98 Å². The van der Waals surface area contributed by atoms with Gasteiger partial charge >= 0.3 is 6.18 Å². The molecule has 5 aromatic rings. The van der Waals surface area contributed by atoms with Crippen molar-refractivity contribution in [3.05, 3.63) is 74.8 Å². The van der Waals surface area contributed by atoms with Gasteiger partial charge in [0.15, 0.2) is 17.3 Å². The van der Waals surface area contributed by atoms with Crippen LogP contribution < -0.4 is 15.8 Å². The van der Waals surface area contributed by atoms with Gasteiger partial charge in [-0.2, -0.15) is 27.8 Å². The molecule has 2 aliphatic heterocycles. The van der Waals surface area contributed by atoms with Crippen LogP contribution in [0.15, 0.2) is 41.5 Å². The Morgan fingerprint density at radius 1 is 1.19 bits per heavy atom. The first-order valence-corrected chi connectivity index (χ1v) is 17.2. The zero-order valence-electron chi connectivity index (χ0n) is 28.8. The number of ether oxygens (including phenoxy) is 1. The van der Waals surface area contributed by atoms with Crippen LogP contribution >= 0.6 is 11.6 Å². The number of carbonyl (C=O) groups excluding carboxylic acids is 2. The number of aromatic hydroxyl groups is 1. The van der Waals surface area contributed by atoms with Crippen molar-refractivity contribution in [1.29, 1.82) is 0 Å². The summed E-state index contributed by atoms with van der Waals surface area (Å²) in [4.78, 5) is 53.9. The number of amides is 2. The minimum Gasteiger partial charge on any atom is -0.505 e. The highest BCUT2D eigenvalue weighted by molar-refractivity contribution is 6.33. The number of aryl methyl sites for hydroxylation is 1. The van der Waals surface area contributed by atoms with Gasteiger partial charge in [-0.15, -0.1) is 5.10 Å². The zero-order valence-corrected chi connectivity index (χ0v) is 29.6. The first kappa shape index (κ1) is 35.9. The highest BCUT2D eigenvalue weighted by atomic mass is 35.5. The molecule has 1 atom stereocenters. The van der Waals surface area contributed by atoms with Crippen molar-refractivity contribution in [2.45, 2.75) is 45.5 Å². The predicted octanol–water partition coefficient (Wildman–Crippen LogP) is 3.91. The number of hydrogen-bond acceptors (Lipinski definition) is 10. The second kappa shape index (κ2) is 13.8. The fourth-order valence-electron chi connectivity index (χ4n) is 6.77. The van der Waals surface area contributed by atoms with Crippen molar-refractivity contribution in [2.75, 3.05) is 43.1 Å². The van der Waals surface area contributed by atoms with E-state index in [2.05, 4.69) is 25.5 Å². The molecule has 2 aliphatic rings. The summed E-state index contributed by atoms with van der Waals surface area (Å²) in [7, 11) is 1.70. The van der Waals surface area contributed by atoms with Crippen molar-refractivity contribution in [1.82, 2.24) is 38.8 Å². The zero-order chi connectivity index (χ0) is 37.8. The first-order valence-electron chi connectivity index (χ1n) is 16.8. The average molecular weight is 755 g/mol. The molecule has 4 aromatic heterocycles. The van der Waals surface area contributed by atoms with E-state index in [1.54, 1.807) is 21.2 Å². The predicted molar refractivity (Wildman–Crippen MR) is 188 cm³/mol. The van der Waals surface area contributed by atoms with E-state index in [0.29, 0.717) is 42.1 Å². The number of benzene rings is 1. The lowest BCUT2D eigenvalue weighted by molar-refractivity contribution is -0.137. The number of rotatable bonds is 7. The quantitative estimate of drug-likeness (QED) is 0.249. The second-order valence-corrected chi connectivity index (χ2v) is 13.2. The largest absolute Gasteiger partial charge is 0.505 e. The summed E-state index contributed by atoms with van der Waals surface area (Å²) >= 11 is 6.13. The van der Waals surface area contributed by atoms with Crippen LogP contribution in [0.25, 0.3) is 22.3 Å². The average Bonchev–Trinajstić information content (AvgIpc) is 3.75. The topological polar surface area (TPSA) is 165 Å². The van der Waals surface area contributed by atoms with Gasteiger partial charge in [-0.3, -0.25) is 19.1 Å². The third-order valence-corrected chi connectivity index (χ3v) is 9.78. The minimum atomic E-state index is -4.62. The summed E-state index contributed by atoms with van der Waals surface area (Å²) in [6, 6.07) is 2.19. The number of aromatic nitrogens is 7. The third-order valence-electron chi connectivity index (χ3n) is 9.47. The number of carbonyl (C=O) groups is 2. The lowest BCUT2D eigenvalue weighted by Gasteiger charge is -2.41. The lowest BCUT2D eigenvalue weighted by Crippen LogP contribution is -2.55. The highest BCUT2D eigenvalue weighted by Crippen LogP contribution is 2.34. The van der Waals surface area contributed by atoms with Gasteiger partial charge in [0.25, 0.3) is 11.5 Å². The van der Waals surface area contributed by atoms with Gasteiger partial charge in [-0.05, 0) is 43.5 Å². The molecular formula is C34H34ClF3N10O5. The maximum absolute atomic E-state index is 14.3. The SMILES string of the molecule is CCc1c(N2CCN(C(=O)c3ncc4c(cnn4C)c3O)[C@H](C)C2)c(=O)n2nc(C3=CCOCC3)nc2n1CC(=O)Nc1ccc(C(F)(F)F)cc1Cl. The Balaban J connectivity index is 1.23. The molecule has 53 heavy (non-hydrogen) atoms. The Morgan fingerprint density at radius 2 is 1.98 bits per heavy atom. The summed E-state index contributed by atoms with van der Waals surface area (Å²) in [5, 5.41) is 22.3. The van der Waals surface area contributed by atoms with Crippen molar-refractivity contribution in [2.24, 2.45) is 7.05 Å². The van der Waals surface area contributed by atoms with E-state index in [9.17, 15) is 32.7 Å². The number of anilines is 2. The van der Waals surface area contributed by atoms with Gasteiger partial charge in [-0.1, -0.05) is 24.6 Å². The van der Waals surface area contributed by atoms with Crippen LogP contribution in [0.5, 0.6) is 5.75 Å². The van der Waals surface area contributed by atoms with Gasteiger partial charge in [0.2, 0.25) is 11.7 Å². The Labute approximate surface area is 304 Å². The van der Waals surface area contributed by atoms with Crippen LogP contribution in [0.1, 0.15) is 47.8 Å². The smallest absolute Gasteiger partial charge is 0.416 e. The summed E-state index contributed by atoms with van der Waals surface area (Å²) in [6.07, 6.45) is 0.942. The Morgan fingerprint density at radius 3 is 2.66 bits per heavy atom. The number of fused-ring (bicyclic) bond motifs is 2. The van der Waals surface area contributed by atoms with Crippen LogP contribution in [0, 0.1) is 0 Å². The Bertz CT molecular complexity index is 2370. The fraction of sp³-hybridized carbons (Fsp3) is 0.382. The van der Waals surface area contributed by atoms with E-state index in [-0.39, 0.29) is 66.2 Å². The van der Waals surface area contributed by atoms with Crippen LogP contribution in [-0.4, -0.2) is 94.6 Å². The van der Waals surface area contributed by atoms with E-state index in [1.807, 2.05) is 24.8 Å². The van der Waals surface area contributed by atoms with Crippen molar-refractivity contribution < 1.29 is 32.6 Å². The number of hydrogen-bond donors (Lipinski definition) is 2. The molecule has 0 spiro atoms. The van der Waals surface area contributed by atoms with Gasteiger partial charge in [0.05, 0.1) is 58.5 Å².